The summed E-state index contributed by atoms with van der Waals surface area (Å²) in [6.07, 6.45) is 0.293. The first kappa shape index (κ1) is 16.0. The lowest BCUT2D eigenvalue weighted by Gasteiger charge is -2.24. The molecule has 3 rings (SSSR count). The zero-order valence-corrected chi connectivity index (χ0v) is 12.7. The molecule has 0 bridgehead atoms. The number of hydrogen-bond acceptors (Lipinski definition) is 5. The van der Waals surface area contributed by atoms with Gasteiger partial charge in [-0.3, -0.25) is 0 Å². The summed E-state index contributed by atoms with van der Waals surface area (Å²) in [6.45, 7) is -0.180. The molecule has 6 nitrogen and oxygen atoms in total. The molecule has 23 heavy (non-hydrogen) atoms. The molecule has 0 aliphatic carbocycles. The van der Waals surface area contributed by atoms with Crippen LogP contribution < -0.4 is 0 Å². The van der Waals surface area contributed by atoms with Crippen molar-refractivity contribution in [2.24, 2.45) is 0 Å². The van der Waals surface area contributed by atoms with Crippen LogP contribution in [0.5, 0.6) is 0 Å². The predicted molar refractivity (Wildman–Crippen MR) is 75.6 cm³/mol. The van der Waals surface area contributed by atoms with Crippen LogP contribution in [0.1, 0.15) is 23.7 Å². The Balaban J connectivity index is 1.95. The van der Waals surface area contributed by atoms with E-state index in [1.807, 2.05) is 0 Å². The maximum atomic E-state index is 14.0. The van der Waals surface area contributed by atoms with E-state index in [2.05, 4.69) is 9.68 Å². The van der Waals surface area contributed by atoms with Crippen molar-refractivity contribution in [3.05, 3.63) is 53.4 Å². The number of aromatic nitrogens is 1. The Morgan fingerprint density at radius 3 is 2.83 bits per heavy atom. The lowest BCUT2D eigenvalue weighted by Crippen LogP contribution is -2.33. The van der Waals surface area contributed by atoms with Gasteiger partial charge >= 0.3 is 0 Å². The minimum absolute atomic E-state index is 0.00157. The molecule has 2 atom stereocenters. The van der Waals surface area contributed by atoms with Crippen LogP contribution in [0.4, 0.5) is 8.78 Å². The third-order valence-corrected chi connectivity index (χ3v) is 5.51. The van der Waals surface area contributed by atoms with E-state index in [0.717, 1.165) is 22.5 Å². The lowest BCUT2D eigenvalue weighted by molar-refractivity contribution is 0.188. The van der Waals surface area contributed by atoms with Crippen molar-refractivity contribution in [1.82, 2.24) is 9.46 Å². The van der Waals surface area contributed by atoms with Crippen molar-refractivity contribution in [3.63, 3.8) is 0 Å². The van der Waals surface area contributed by atoms with Crippen molar-refractivity contribution < 1.29 is 26.8 Å². The minimum Gasteiger partial charge on any atom is -0.392 e. The molecular formula is C14H14F2N2O4S. The van der Waals surface area contributed by atoms with Crippen LogP contribution in [-0.4, -0.2) is 35.6 Å². The number of rotatable bonds is 4. The van der Waals surface area contributed by atoms with Gasteiger partial charge in [0.1, 0.15) is 23.7 Å². The van der Waals surface area contributed by atoms with Crippen molar-refractivity contribution >= 4 is 10.0 Å². The van der Waals surface area contributed by atoms with Gasteiger partial charge in [-0.05, 0) is 24.6 Å². The fourth-order valence-electron chi connectivity index (χ4n) is 2.73. The number of sulfonamides is 1. The second kappa shape index (κ2) is 5.99. The van der Waals surface area contributed by atoms with E-state index in [4.69, 9.17) is 0 Å². The largest absolute Gasteiger partial charge is 0.392 e. The fourth-order valence-corrected chi connectivity index (χ4v) is 4.40. The average Bonchev–Trinajstić information content (AvgIpc) is 3.11. The van der Waals surface area contributed by atoms with Crippen molar-refractivity contribution in [3.8, 4) is 0 Å². The summed E-state index contributed by atoms with van der Waals surface area (Å²) in [4.78, 5) is 0. The van der Waals surface area contributed by atoms with Gasteiger partial charge in [-0.25, -0.2) is 17.2 Å². The third kappa shape index (κ3) is 3.26. The van der Waals surface area contributed by atoms with Gasteiger partial charge in [0.05, 0.1) is 17.8 Å². The summed E-state index contributed by atoms with van der Waals surface area (Å²) in [7, 11) is -3.88. The second-order valence-corrected chi connectivity index (χ2v) is 7.31. The first-order chi connectivity index (χ1) is 10.9. The molecule has 1 aromatic carbocycles. The van der Waals surface area contributed by atoms with E-state index in [1.165, 1.54) is 12.3 Å². The number of aliphatic hydroxyl groups excluding tert-OH is 1. The van der Waals surface area contributed by atoms with Gasteiger partial charge in [0.25, 0.3) is 0 Å². The highest BCUT2D eigenvalue weighted by molar-refractivity contribution is 7.88. The molecule has 1 fully saturated rings. The van der Waals surface area contributed by atoms with E-state index >= 15 is 0 Å². The van der Waals surface area contributed by atoms with Crippen LogP contribution in [0, 0.1) is 11.6 Å². The molecule has 1 aliphatic heterocycles. The number of halogens is 2. The zero-order valence-electron chi connectivity index (χ0n) is 11.9. The highest BCUT2D eigenvalue weighted by atomic mass is 32.2. The standard InChI is InChI=1S/C14H14F2N2O4S/c15-9-1-2-13(16)12(5-9)14-6-11(19)7-18(14)23(20,21)8-10-3-4-22-17-10/h1-5,11,14,19H,6-8H2. The second-order valence-electron chi connectivity index (χ2n) is 5.39. The summed E-state index contributed by atoms with van der Waals surface area (Å²) < 4.78 is 58.1. The minimum atomic E-state index is -3.88. The van der Waals surface area contributed by atoms with Crippen molar-refractivity contribution in [2.75, 3.05) is 6.54 Å². The molecule has 124 valence electrons. The van der Waals surface area contributed by atoms with E-state index in [9.17, 15) is 22.3 Å². The molecule has 0 saturated carbocycles. The highest BCUT2D eigenvalue weighted by Gasteiger charge is 2.41. The van der Waals surface area contributed by atoms with Gasteiger partial charge in [0.2, 0.25) is 10.0 Å². The van der Waals surface area contributed by atoms with Crippen LogP contribution in [0.2, 0.25) is 0 Å². The Labute approximate surface area is 131 Å². The highest BCUT2D eigenvalue weighted by Crippen LogP contribution is 2.36. The van der Waals surface area contributed by atoms with Gasteiger partial charge in [0, 0.05) is 18.2 Å². The van der Waals surface area contributed by atoms with E-state index < -0.39 is 39.6 Å². The SMILES string of the molecule is O=S(=O)(Cc1ccon1)N1CC(O)CC1c1cc(F)ccc1F. The fraction of sp³-hybridized carbons (Fsp3) is 0.357. The number of aliphatic hydroxyl groups is 1. The maximum Gasteiger partial charge on any atom is 0.220 e. The van der Waals surface area contributed by atoms with E-state index in [0.29, 0.717) is 0 Å². The predicted octanol–water partition coefficient (Wildman–Crippen LogP) is 1.59. The molecule has 2 aromatic rings. The van der Waals surface area contributed by atoms with Gasteiger partial charge in [0.15, 0.2) is 0 Å². The zero-order chi connectivity index (χ0) is 16.6. The Bertz CT molecular complexity index is 795. The van der Waals surface area contributed by atoms with Gasteiger partial charge in [-0.1, -0.05) is 5.16 Å². The Hall–Kier alpha value is -1.84. The molecule has 1 aliphatic rings. The first-order valence-electron chi connectivity index (χ1n) is 6.88. The molecular weight excluding hydrogens is 330 g/mol. The number of nitrogens with zero attached hydrogens (tertiary/aromatic N) is 2. The first-order valence-corrected chi connectivity index (χ1v) is 8.49. The number of hydrogen-bond donors (Lipinski definition) is 1. The molecule has 1 saturated heterocycles. The molecule has 1 N–H and O–H groups in total. The monoisotopic (exact) mass is 344 g/mol. The normalized spacial score (nSPS) is 22.6. The molecule has 0 amide bonds. The summed E-state index contributed by atoms with van der Waals surface area (Å²) in [5.41, 5.74) is 0.107. The Morgan fingerprint density at radius 2 is 2.13 bits per heavy atom. The molecule has 0 radical (unpaired) electrons. The van der Waals surface area contributed by atoms with Crippen LogP contribution in [0.3, 0.4) is 0 Å². The van der Waals surface area contributed by atoms with Gasteiger partial charge < -0.3 is 9.63 Å². The molecule has 1 aromatic heterocycles. The van der Waals surface area contributed by atoms with Crippen molar-refractivity contribution in [2.45, 2.75) is 24.3 Å². The summed E-state index contributed by atoms with van der Waals surface area (Å²) in [6, 6.07) is 3.30. The topological polar surface area (TPSA) is 83.6 Å². The quantitative estimate of drug-likeness (QED) is 0.911. The van der Waals surface area contributed by atoms with Crippen LogP contribution in [-0.2, 0) is 15.8 Å². The smallest absolute Gasteiger partial charge is 0.220 e. The molecule has 2 heterocycles. The molecule has 9 heteroatoms. The van der Waals surface area contributed by atoms with E-state index in [1.54, 1.807) is 0 Å². The van der Waals surface area contributed by atoms with Crippen molar-refractivity contribution in [1.29, 1.82) is 0 Å². The van der Waals surface area contributed by atoms with E-state index in [-0.39, 0.29) is 24.2 Å². The number of benzene rings is 1. The Morgan fingerprint density at radius 1 is 1.35 bits per heavy atom. The van der Waals surface area contributed by atoms with Gasteiger partial charge in [-0.15, -0.1) is 0 Å². The average molecular weight is 344 g/mol. The maximum absolute atomic E-state index is 14.0. The molecule has 2 unspecified atom stereocenters. The Kier molecular flexibility index (Phi) is 4.17. The summed E-state index contributed by atoms with van der Waals surface area (Å²) in [5, 5.41) is 13.4. The van der Waals surface area contributed by atoms with Crippen LogP contribution in [0.15, 0.2) is 35.1 Å². The van der Waals surface area contributed by atoms with Gasteiger partial charge in [-0.2, -0.15) is 4.31 Å². The summed E-state index contributed by atoms with van der Waals surface area (Å²) in [5.74, 6) is -1.83. The van der Waals surface area contributed by atoms with Crippen LogP contribution >= 0.6 is 0 Å². The van der Waals surface area contributed by atoms with Crippen LogP contribution in [0.25, 0.3) is 0 Å². The summed E-state index contributed by atoms with van der Waals surface area (Å²) >= 11 is 0. The number of β-amino-alcohol motifs (C(OH)–C–C–N with tert-alkyl or cyclic N) is 1. The lowest BCUT2D eigenvalue weighted by atomic mass is 10.0. The molecule has 0 spiro atoms. The third-order valence-electron chi connectivity index (χ3n) is 3.73.